The van der Waals surface area contributed by atoms with Crippen molar-refractivity contribution in [1.82, 2.24) is 20.2 Å². The van der Waals surface area contributed by atoms with Crippen LogP contribution in [0.15, 0.2) is 58.2 Å². The Labute approximate surface area is 233 Å². The van der Waals surface area contributed by atoms with Crippen LogP contribution in [0.4, 0.5) is 27.8 Å². The van der Waals surface area contributed by atoms with Gasteiger partial charge in [0.05, 0.1) is 17.8 Å². The second kappa shape index (κ2) is 12.7. The number of nitrogens with one attached hydrogen (secondary N) is 2. The van der Waals surface area contributed by atoms with Gasteiger partial charge in [0.15, 0.2) is 0 Å². The number of urea groups is 1. The van der Waals surface area contributed by atoms with E-state index in [9.17, 15) is 4.79 Å². The minimum atomic E-state index is -0.485. The van der Waals surface area contributed by atoms with Gasteiger partial charge in [-0.15, -0.1) is 0 Å². The largest absolute Gasteiger partial charge is 0.499 e. The van der Waals surface area contributed by atoms with Crippen molar-refractivity contribution in [2.75, 3.05) is 69.1 Å². The molecule has 204 valence electrons. The molecular formula is C26H33Cl2N7O3. The predicted molar refractivity (Wildman–Crippen MR) is 151 cm³/mol. The monoisotopic (exact) mass is 561 g/mol. The molecule has 1 saturated heterocycles. The Bertz CT molecular complexity index is 1200. The number of benzene rings is 1. The van der Waals surface area contributed by atoms with Crippen molar-refractivity contribution in [3.63, 3.8) is 0 Å². The Balaban J connectivity index is 1.42. The van der Waals surface area contributed by atoms with Crippen molar-refractivity contribution in [3.05, 3.63) is 58.2 Å². The number of amides is 2. The van der Waals surface area contributed by atoms with Crippen LogP contribution < -0.4 is 20.4 Å². The van der Waals surface area contributed by atoms with Crippen LogP contribution in [0.5, 0.6) is 0 Å². The lowest BCUT2D eigenvalue weighted by Crippen LogP contribution is -2.46. The van der Waals surface area contributed by atoms with E-state index in [2.05, 4.69) is 49.5 Å². The van der Waals surface area contributed by atoms with Crippen molar-refractivity contribution < 1.29 is 14.3 Å². The molecule has 1 atom stereocenters. The molecule has 12 heteroatoms. The minimum Gasteiger partial charge on any atom is -0.499 e. The van der Waals surface area contributed by atoms with E-state index in [1.165, 1.54) is 31.1 Å². The fourth-order valence-corrected chi connectivity index (χ4v) is 5.01. The molecule has 2 N–H and O–H groups in total. The highest BCUT2D eigenvalue weighted by Crippen LogP contribution is 2.35. The van der Waals surface area contributed by atoms with Gasteiger partial charge in [0, 0.05) is 64.2 Å². The van der Waals surface area contributed by atoms with Crippen molar-refractivity contribution in [1.29, 1.82) is 0 Å². The van der Waals surface area contributed by atoms with Gasteiger partial charge in [-0.25, -0.2) is 14.8 Å². The van der Waals surface area contributed by atoms with E-state index >= 15 is 0 Å². The van der Waals surface area contributed by atoms with E-state index in [-0.39, 0.29) is 10.7 Å². The molecule has 2 aromatic rings. The van der Waals surface area contributed by atoms with E-state index in [1.54, 1.807) is 13.1 Å². The first kappa shape index (κ1) is 28.0. The molecule has 0 saturated carbocycles. The van der Waals surface area contributed by atoms with Gasteiger partial charge in [-0.2, -0.15) is 0 Å². The van der Waals surface area contributed by atoms with Crippen LogP contribution in [0, 0.1) is 0 Å². The Morgan fingerprint density at radius 3 is 2.47 bits per heavy atom. The average Bonchev–Trinajstić information content (AvgIpc) is 2.95. The maximum absolute atomic E-state index is 13.1. The number of carbonyl (C=O) groups is 1. The Morgan fingerprint density at radius 2 is 1.84 bits per heavy atom. The van der Waals surface area contributed by atoms with Crippen LogP contribution in [-0.4, -0.2) is 81.0 Å². The second-order valence-corrected chi connectivity index (χ2v) is 9.72. The Hall–Kier alpha value is -3.05. The number of piperazine rings is 1. The summed E-state index contributed by atoms with van der Waals surface area (Å²) in [7, 11) is 4.63. The Morgan fingerprint density at radius 1 is 1.13 bits per heavy atom. The zero-order chi connectivity index (χ0) is 27.2. The number of ether oxygens (including phenoxy) is 2. The summed E-state index contributed by atoms with van der Waals surface area (Å²) in [6.07, 6.45) is 1.29. The van der Waals surface area contributed by atoms with Gasteiger partial charge >= 0.3 is 6.03 Å². The number of hydrogen-bond donors (Lipinski definition) is 2. The van der Waals surface area contributed by atoms with E-state index in [4.69, 9.17) is 32.7 Å². The first-order valence-corrected chi connectivity index (χ1v) is 13.2. The summed E-state index contributed by atoms with van der Waals surface area (Å²) in [5.74, 6) is 1.41. The van der Waals surface area contributed by atoms with E-state index in [0.717, 1.165) is 38.4 Å². The lowest BCUT2D eigenvalue weighted by Gasteiger charge is -2.35. The molecule has 2 heterocycles. The third-order valence-corrected chi connectivity index (χ3v) is 7.58. The van der Waals surface area contributed by atoms with Crippen LogP contribution in [0.3, 0.4) is 0 Å². The third-order valence-electron chi connectivity index (χ3n) is 6.74. The summed E-state index contributed by atoms with van der Waals surface area (Å²) in [6.45, 7) is 7.48. The summed E-state index contributed by atoms with van der Waals surface area (Å²) in [5.41, 5.74) is 2.32. The first-order chi connectivity index (χ1) is 18.3. The number of methoxy groups -OCH3 is 2. The fourth-order valence-electron chi connectivity index (χ4n) is 4.35. The number of allylic oxidation sites excluding steroid dienone is 1. The summed E-state index contributed by atoms with van der Waals surface area (Å²) < 4.78 is 10.7. The zero-order valence-corrected chi connectivity index (χ0v) is 23.5. The molecule has 0 spiro atoms. The molecule has 1 unspecified atom stereocenters. The van der Waals surface area contributed by atoms with Gasteiger partial charge in [-0.3, -0.25) is 4.90 Å². The normalized spacial score (nSPS) is 18.5. The van der Waals surface area contributed by atoms with Crippen molar-refractivity contribution in [2.24, 2.45) is 0 Å². The van der Waals surface area contributed by atoms with Gasteiger partial charge in [0.25, 0.3) is 0 Å². The predicted octanol–water partition coefficient (Wildman–Crippen LogP) is 4.47. The van der Waals surface area contributed by atoms with Crippen LogP contribution in [0.25, 0.3) is 0 Å². The molecule has 1 aliphatic carbocycles. The number of rotatable bonds is 8. The maximum atomic E-state index is 13.1. The smallest absolute Gasteiger partial charge is 0.327 e. The second-order valence-electron chi connectivity index (χ2n) is 8.94. The molecule has 38 heavy (non-hydrogen) atoms. The van der Waals surface area contributed by atoms with Gasteiger partial charge in [-0.1, -0.05) is 30.1 Å². The highest BCUT2D eigenvalue weighted by atomic mass is 35.5. The number of nitrogens with zero attached hydrogens (tertiary/aromatic N) is 5. The van der Waals surface area contributed by atoms with Gasteiger partial charge in [0.2, 0.25) is 0 Å². The van der Waals surface area contributed by atoms with Crippen LogP contribution in [0.1, 0.15) is 13.3 Å². The fraction of sp³-hybridized carbons (Fsp3) is 0.423. The molecule has 0 radical (unpaired) electrons. The highest BCUT2D eigenvalue weighted by Gasteiger charge is 2.30. The summed E-state index contributed by atoms with van der Waals surface area (Å²) >= 11 is 12.9. The standard InChI is InChI=1S/C26H33Cl2N7O3/c1-5-34-10-12-35(13-11-34)18-8-6-17(7-9-18)31-21-15-22(30-16-29-21)33(2)26(36)32-25-23(27)19(37-3)14-20(38-4)24(25)28/h6-9,15-16,19H,5,10-14H2,1-4H3,(H,32,36)(H,29,30,31). The number of hydrogen-bond acceptors (Lipinski definition) is 8. The molecule has 2 amide bonds. The van der Waals surface area contributed by atoms with Gasteiger partial charge in [-0.05, 0) is 30.8 Å². The highest BCUT2D eigenvalue weighted by molar-refractivity contribution is 6.36. The number of aromatic nitrogens is 2. The molecule has 2 aliphatic rings. The maximum Gasteiger partial charge on any atom is 0.327 e. The topological polar surface area (TPSA) is 95.1 Å². The average molecular weight is 563 g/mol. The van der Waals surface area contributed by atoms with E-state index in [1.807, 2.05) is 12.1 Å². The lowest BCUT2D eigenvalue weighted by molar-refractivity contribution is 0.116. The van der Waals surface area contributed by atoms with Crippen molar-refractivity contribution in [3.8, 4) is 0 Å². The zero-order valence-electron chi connectivity index (χ0n) is 22.0. The quantitative estimate of drug-likeness (QED) is 0.487. The Kier molecular flexibility index (Phi) is 9.32. The minimum absolute atomic E-state index is 0.230. The molecular weight excluding hydrogens is 529 g/mol. The number of halogens is 2. The number of anilines is 4. The summed E-state index contributed by atoms with van der Waals surface area (Å²) in [5, 5.41) is 6.56. The van der Waals surface area contributed by atoms with Gasteiger partial charge < -0.3 is 29.9 Å². The SMILES string of the molecule is CCN1CCN(c2ccc(Nc3cc(N(C)C(=O)NC4=C(Cl)C(OC)CC(OC)=C4Cl)ncn3)cc2)CC1. The molecule has 1 aliphatic heterocycles. The third kappa shape index (κ3) is 6.32. The van der Waals surface area contributed by atoms with Crippen molar-refractivity contribution in [2.45, 2.75) is 19.4 Å². The summed E-state index contributed by atoms with van der Waals surface area (Å²) in [4.78, 5) is 27.8. The lowest BCUT2D eigenvalue weighted by atomic mass is 10.1. The summed E-state index contributed by atoms with van der Waals surface area (Å²) in [6, 6.07) is 9.44. The number of carbonyl (C=O) groups excluding carboxylic acids is 1. The molecule has 0 bridgehead atoms. The van der Waals surface area contributed by atoms with Crippen LogP contribution in [-0.2, 0) is 9.47 Å². The van der Waals surface area contributed by atoms with E-state index in [0.29, 0.717) is 28.8 Å². The first-order valence-electron chi connectivity index (χ1n) is 12.4. The molecule has 1 aromatic carbocycles. The van der Waals surface area contributed by atoms with Gasteiger partial charge in [0.1, 0.15) is 34.9 Å². The van der Waals surface area contributed by atoms with Crippen LogP contribution >= 0.6 is 23.2 Å². The van der Waals surface area contributed by atoms with E-state index < -0.39 is 12.1 Å². The van der Waals surface area contributed by atoms with Crippen molar-refractivity contribution >= 4 is 52.2 Å². The molecule has 4 rings (SSSR count). The number of likely N-dealkylation sites (N-methyl/N-ethyl adjacent to an activating group) is 1. The molecule has 1 aromatic heterocycles. The molecule has 1 fully saturated rings. The molecule has 10 nitrogen and oxygen atoms in total. The van der Waals surface area contributed by atoms with Crippen LogP contribution in [0.2, 0.25) is 0 Å².